The summed E-state index contributed by atoms with van der Waals surface area (Å²) in [7, 11) is 1.41. The number of hydrogen-bond donors (Lipinski definition) is 4. The molecule has 3 fully saturated rings. The van der Waals surface area contributed by atoms with E-state index in [4.69, 9.17) is 18.9 Å². The number of carbonyl (C=O) groups excluding carboxylic acids is 2. The molecule has 0 amide bonds. The van der Waals surface area contributed by atoms with Gasteiger partial charge in [0.25, 0.3) is 0 Å². The Labute approximate surface area is 222 Å². The third-order valence-corrected chi connectivity index (χ3v) is 9.44. The fourth-order valence-electron chi connectivity index (χ4n) is 7.69. The summed E-state index contributed by atoms with van der Waals surface area (Å²) in [6.07, 6.45) is -1.79. The first-order valence-corrected chi connectivity index (χ1v) is 13.5. The quantitative estimate of drug-likeness (QED) is 0.335. The van der Waals surface area contributed by atoms with Crippen LogP contribution in [-0.2, 0) is 23.7 Å². The van der Waals surface area contributed by atoms with Gasteiger partial charge in [0.15, 0.2) is 6.10 Å². The lowest BCUT2D eigenvalue weighted by molar-refractivity contribution is -0.177. The molecule has 13 atom stereocenters. The summed E-state index contributed by atoms with van der Waals surface area (Å²) < 4.78 is 24.1. The fraction of sp³-hybridized carbons (Fsp3) is 0.714. The SMILES string of the molecule is CO[C@H]1C[C@H]2[C@H](O)C[C@H]3[C@H]4O[C@]2(/C(C)=C/[C@@H](C)[C@@H]([C@@H](C)O)OC1=O)[C@@H]3[C@H](O)[C@@H](C)[C@H]4OC(=O)c1ccc[nH]1. The van der Waals surface area contributed by atoms with Gasteiger partial charge in [-0.3, -0.25) is 0 Å². The lowest BCUT2D eigenvalue weighted by Crippen LogP contribution is -2.62. The molecule has 0 unspecified atom stereocenters. The maximum Gasteiger partial charge on any atom is 0.355 e. The molecule has 5 rings (SSSR count). The molecule has 1 aromatic heterocycles. The van der Waals surface area contributed by atoms with Crippen LogP contribution in [0, 0.1) is 29.6 Å². The normalized spacial score (nSPS) is 46.8. The average molecular weight is 534 g/mol. The molecule has 0 aromatic carbocycles. The molecule has 0 radical (unpaired) electrons. The van der Waals surface area contributed by atoms with E-state index in [1.165, 1.54) is 7.11 Å². The lowest BCUT2D eigenvalue weighted by Gasteiger charge is -2.52. The first-order chi connectivity index (χ1) is 18.0. The van der Waals surface area contributed by atoms with Crippen molar-refractivity contribution in [1.82, 2.24) is 4.98 Å². The number of aliphatic hydroxyl groups excluding tert-OH is 3. The number of aliphatic hydroxyl groups is 3. The third kappa shape index (κ3) is 4.12. The Hall–Kier alpha value is -2.24. The molecule has 4 N–H and O–H groups in total. The van der Waals surface area contributed by atoms with Crippen molar-refractivity contribution in [3.63, 3.8) is 0 Å². The highest BCUT2D eigenvalue weighted by molar-refractivity contribution is 5.87. The molecular weight excluding hydrogens is 494 g/mol. The molecule has 4 bridgehead atoms. The lowest BCUT2D eigenvalue weighted by atomic mass is 9.54. The summed E-state index contributed by atoms with van der Waals surface area (Å²) >= 11 is 0. The van der Waals surface area contributed by atoms with E-state index in [2.05, 4.69) is 4.98 Å². The van der Waals surface area contributed by atoms with Crippen molar-refractivity contribution in [3.8, 4) is 0 Å². The molecule has 2 saturated carbocycles. The Bertz CT molecular complexity index is 1070. The van der Waals surface area contributed by atoms with E-state index in [1.807, 2.05) is 26.8 Å². The first kappa shape index (κ1) is 27.3. The van der Waals surface area contributed by atoms with E-state index in [9.17, 15) is 24.9 Å². The van der Waals surface area contributed by atoms with Crippen LogP contribution in [0.4, 0.5) is 0 Å². The van der Waals surface area contributed by atoms with Crippen LogP contribution in [0.25, 0.3) is 0 Å². The monoisotopic (exact) mass is 533 g/mol. The van der Waals surface area contributed by atoms with Gasteiger partial charge >= 0.3 is 11.9 Å². The number of rotatable bonds is 4. The van der Waals surface area contributed by atoms with Crippen LogP contribution in [0.5, 0.6) is 0 Å². The fourth-order valence-corrected chi connectivity index (χ4v) is 7.69. The Kier molecular flexibility index (Phi) is 7.23. The van der Waals surface area contributed by atoms with E-state index in [1.54, 1.807) is 25.3 Å². The number of ether oxygens (including phenoxy) is 4. The predicted octanol–water partition coefficient (Wildman–Crippen LogP) is 1.60. The van der Waals surface area contributed by atoms with Crippen molar-refractivity contribution >= 4 is 11.9 Å². The minimum absolute atomic E-state index is 0.104. The number of aromatic amines is 1. The summed E-state index contributed by atoms with van der Waals surface area (Å²) in [5.74, 6) is -3.21. The van der Waals surface area contributed by atoms with Crippen molar-refractivity contribution in [2.45, 2.75) is 88.9 Å². The summed E-state index contributed by atoms with van der Waals surface area (Å²) in [5.41, 5.74) is -0.0347. The van der Waals surface area contributed by atoms with E-state index < -0.39 is 78.0 Å². The number of carbonyl (C=O) groups is 2. The number of methoxy groups -OCH3 is 1. The highest BCUT2D eigenvalue weighted by Crippen LogP contribution is 2.63. The van der Waals surface area contributed by atoms with Crippen molar-refractivity contribution in [1.29, 1.82) is 0 Å². The van der Waals surface area contributed by atoms with Gasteiger partial charge in [-0.25, -0.2) is 9.59 Å². The molecule has 1 aromatic rings. The number of hydrogen-bond acceptors (Lipinski definition) is 9. The molecule has 3 heterocycles. The van der Waals surface area contributed by atoms with Crippen LogP contribution in [0.2, 0.25) is 0 Å². The highest BCUT2D eigenvalue weighted by Gasteiger charge is 2.72. The van der Waals surface area contributed by atoms with Gasteiger partial charge in [0.1, 0.15) is 23.5 Å². The Balaban J connectivity index is 1.60. The molecule has 10 nitrogen and oxygen atoms in total. The number of cyclic esters (lactones) is 1. The molecule has 4 aliphatic rings. The number of H-pyrrole nitrogens is 1. The van der Waals surface area contributed by atoms with Crippen LogP contribution in [0.3, 0.4) is 0 Å². The van der Waals surface area contributed by atoms with Crippen molar-refractivity contribution < 1.29 is 43.9 Å². The van der Waals surface area contributed by atoms with Gasteiger partial charge in [0.2, 0.25) is 0 Å². The summed E-state index contributed by atoms with van der Waals surface area (Å²) in [5, 5.41) is 33.6. The van der Waals surface area contributed by atoms with Gasteiger partial charge in [0, 0.05) is 37.0 Å². The maximum atomic E-state index is 13.1. The zero-order valence-electron chi connectivity index (χ0n) is 22.4. The molecule has 38 heavy (non-hydrogen) atoms. The minimum atomic E-state index is -1.12. The van der Waals surface area contributed by atoms with Gasteiger partial charge in [-0.15, -0.1) is 0 Å². The zero-order valence-corrected chi connectivity index (χ0v) is 22.4. The van der Waals surface area contributed by atoms with E-state index in [0.29, 0.717) is 12.1 Å². The summed E-state index contributed by atoms with van der Waals surface area (Å²) in [4.78, 5) is 28.9. The predicted molar refractivity (Wildman–Crippen MR) is 134 cm³/mol. The first-order valence-electron chi connectivity index (χ1n) is 13.5. The van der Waals surface area contributed by atoms with Crippen molar-refractivity contribution in [3.05, 3.63) is 35.7 Å². The van der Waals surface area contributed by atoms with E-state index in [0.717, 1.165) is 5.57 Å². The molecule has 1 saturated heterocycles. The van der Waals surface area contributed by atoms with Gasteiger partial charge in [-0.2, -0.15) is 0 Å². The molecule has 2 aliphatic carbocycles. The standard InChI is InChI=1S/C28H39NO9/c1-12-9-13(2)28-17(11-20(35-5)27(34)36-23(12)15(4)30)19(31)10-16-21(28)22(32)14(3)24(25(16)38-28)37-26(33)18-7-6-8-29-18/h6-9,12,14-17,19-25,29-32H,10-11H2,1-5H3/b13-9+/t12-,14-,15-,16-,17+,19-,20+,21+,22-,23+,24-,25-,28+/m1/s1. The summed E-state index contributed by atoms with van der Waals surface area (Å²) in [6.45, 7) is 7.17. The molecular formula is C28H39NO9. The highest BCUT2D eigenvalue weighted by atomic mass is 16.6. The van der Waals surface area contributed by atoms with Gasteiger partial charge in [0.05, 0.1) is 24.4 Å². The second-order valence-electron chi connectivity index (χ2n) is 11.6. The second-order valence-corrected chi connectivity index (χ2v) is 11.6. The smallest absolute Gasteiger partial charge is 0.355 e. The van der Waals surface area contributed by atoms with Crippen LogP contribution in [0.1, 0.15) is 51.0 Å². The van der Waals surface area contributed by atoms with Gasteiger partial charge in [-0.05, 0) is 50.3 Å². The Morgan fingerprint density at radius 2 is 2.00 bits per heavy atom. The van der Waals surface area contributed by atoms with E-state index >= 15 is 0 Å². The van der Waals surface area contributed by atoms with Crippen molar-refractivity contribution in [2.24, 2.45) is 29.6 Å². The van der Waals surface area contributed by atoms with Crippen LogP contribution < -0.4 is 0 Å². The van der Waals surface area contributed by atoms with Crippen molar-refractivity contribution in [2.75, 3.05) is 7.11 Å². The Morgan fingerprint density at radius 3 is 2.63 bits per heavy atom. The number of esters is 2. The summed E-state index contributed by atoms with van der Waals surface area (Å²) in [6, 6.07) is 3.33. The number of aromatic nitrogens is 1. The van der Waals surface area contributed by atoms with Crippen LogP contribution in [-0.4, -0.2) is 87.7 Å². The molecule has 1 spiro atoms. The minimum Gasteiger partial charge on any atom is -0.457 e. The third-order valence-electron chi connectivity index (χ3n) is 9.44. The molecule has 10 heteroatoms. The molecule has 210 valence electrons. The topological polar surface area (TPSA) is 148 Å². The largest absolute Gasteiger partial charge is 0.457 e. The second kappa shape index (κ2) is 10.1. The molecule has 2 aliphatic heterocycles. The van der Waals surface area contributed by atoms with Crippen LogP contribution in [0.15, 0.2) is 30.0 Å². The Morgan fingerprint density at radius 1 is 1.26 bits per heavy atom. The maximum absolute atomic E-state index is 13.1. The average Bonchev–Trinajstić information content (AvgIpc) is 3.47. The van der Waals surface area contributed by atoms with Crippen LogP contribution >= 0.6 is 0 Å². The number of nitrogens with one attached hydrogen (secondary N) is 1. The van der Waals surface area contributed by atoms with Gasteiger partial charge in [-0.1, -0.05) is 19.9 Å². The van der Waals surface area contributed by atoms with E-state index in [-0.39, 0.29) is 18.3 Å². The van der Waals surface area contributed by atoms with Gasteiger partial charge < -0.3 is 39.3 Å². The zero-order chi connectivity index (χ0) is 27.5.